The number of ether oxygens (including phenoxy) is 2. The highest BCUT2D eigenvalue weighted by Crippen LogP contribution is 2.34. The van der Waals surface area contributed by atoms with Gasteiger partial charge in [-0.1, -0.05) is 38.5 Å². The molecule has 0 spiro atoms. The third kappa shape index (κ3) is 5.37. The van der Waals surface area contributed by atoms with E-state index in [1.807, 2.05) is 19.1 Å². The molecule has 0 bridgehead atoms. The van der Waals surface area contributed by atoms with Gasteiger partial charge in [-0.25, -0.2) is 9.59 Å². The maximum Gasteiger partial charge on any atom is 0.411 e. The Kier molecular flexibility index (Phi) is 5.78. The fraction of sp³-hybridized carbons (Fsp3) is 0.619. The van der Waals surface area contributed by atoms with Gasteiger partial charge in [0.15, 0.2) is 0 Å². The second-order valence-electron chi connectivity index (χ2n) is 9.21. The molecule has 6 heteroatoms. The van der Waals surface area contributed by atoms with Crippen molar-refractivity contribution in [2.45, 2.75) is 78.0 Å². The van der Waals surface area contributed by atoms with Crippen LogP contribution in [-0.2, 0) is 14.9 Å². The number of aliphatic carboxylic acids is 1. The zero-order valence-corrected chi connectivity index (χ0v) is 17.3. The van der Waals surface area contributed by atoms with E-state index in [9.17, 15) is 14.7 Å². The van der Waals surface area contributed by atoms with Gasteiger partial charge in [0.2, 0.25) is 0 Å². The van der Waals surface area contributed by atoms with Crippen molar-refractivity contribution in [1.29, 1.82) is 0 Å². The molecule has 2 unspecified atom stereocenters. The summed E-state index contributed by atoms with van der Waals surface area (Å²) in [6.45, 7) is 13.8. The molecule has 1 saturated heterocycles. The molecule has 1 N–H and O–H groups in total. The molecule has 1 aromatic rings. The van der Waals surface area contributed by atoms with Crippen molar-refractivity contribution in [2.75, 3.05) is 6.54 Å². The maximum atomic E-state index is 12.4. The van der Waals surface area contributed by atoms with E-state index in [1.165, 1.54) is 4.90 Å². The Balaban J connectivity index is 2.22. The summed E-state index contributed by atoms with van der Waals surface area (Å²) in [5, 5.41) is 9.53. The predicted molar refractivity (Wildman–Crippen MR) is 103 cm³/mol. The highest BCUT2D eigenvalue weighted by molar-refractivity contribution is 5.81. The van der Waals surface area contributed by atoms with Crippen LogP contribution in [0.1, 0.15) is 59.1 Å². The molecule has 27 heavy (non-hydrogen) atoms. The van der Waals surface area contributed by atoms with Crippen LogP contribution in [0.4, 0.5) is 4.79 Å². The summed E-state index contributed by atoms with van der Waals surface area (Å²) in [7, 11) is 0. The van der Waals surface area contributed by atoms with Gasteiger partial charge in [-0.3, -0.25) is 4.90 Å². The molecule has 6 nitrogen and oxygen atoms in total. The molecular weight excluding hydrogens is 346 g/mol. The summed E-state index contributed by atoms with van der Waals surface area (Å²) >= 11 is 0. The molecule has 0 radical (unpaired) electrons. The van der Waals surface area contributed by atoms with E-state index >= 15 is 0 Å². The third-order valence-corrected chi connectivity index (χ3v) is 4.41. The molecule has 1 aromatic carbocycles. The Morgan fingerprint density at radius 3 is 2.30 bits per heavy atom. The van der Waals surface area contributed by atoms with Gasteiger partial charge in [-0.2, -0.15) is 0 Å². The van der Waals surface area contributed by atoms with Crippen molar-refractivity contribution in [1.82, 2.24) is 4.90 Å². The first-order valence-corrected chi connectivity index (χ1v) is 9.28. The van der Waals surface area contributed by atoms with Gasteiger partial charge in [0, 0.05) is 6.42 Å². The zero-order valence-electron chi connectivity index (χ0n) is 17.3. The number of aryl methyl sites for hydroxylation is 1. The Morgan fingerprint density at radius 1 is 1.15 bits per heavy atom. The van der Waals surface area contributed by atoms with Crippen LogP contribution in [0.3, 0.4) is 0 Å². The fourth-order valence-electron chi connectivity index (χ4n) is 3.15. The topological polar surface area (TPSA) is 76.1 Å². The SMILES string of the molecule is Cc1ccc(OC2CC(C(=O)O)N(C(=O)OC(C)(C)C)C2)c(C(C)(C)C)c1. The van der Waals surface area contributed by atoms with Crippen LogP contribution in [0.25, 0.3) is 0 Å². The zero-order chi connectivity index (χ0) is 20.6. The van der Waals surface area contributed by atoms with Crippen molar-refractivity contribution in [3.8, 4) is 5.75 Å². The number of nitrogens with zero attached hydrogens (tertiary/aromatic N) is 1. The van der Waals surface area contributed by atoms with Crippen LogP contribution >= 0.6 is 0 Å². The number of carboxylic acid groups (broad SMARTS) is 1. The lowest BCUT2D eigenvalue weighted by Gasteiger charge is -2.27. The number of carbonyl (C=O) groups excluding carboxylic acids is 1. The number of hydrogen-bond acceptors (Lipinski definition) is 4. The minimum atomic E-state index is -1.05. The summed E-state index contributed by atoms with van der Waals surface area (Å²) in [6.07, 6.45) is -0.796. The number of rotatable bonds is 3. The summed E-state index contributed by atoms with van der Waals surface area (Å²) in [5.41, 5.74) is 1.40. The van der Waals surface area contributed by atoms with E-state index < -0.39 is 29.8 Å². The molecule has 2 atom stereocenters. The molecule has 0 aliphatic carbocycles. The molecule has 0 aromatic heterocycles. The minimum Gasteiger partial charge on any atom is -0.488 e. The molecule has 1 aliphatic heterocycles. The predicted octanol–water partition coefficient (Wildman–Crippen LogP) is 4.13. The lowest BCUT2D eigenvalue weighted by Crippen LogP contribution is -2.43. The number of carbonyl (C=O) groups is 2. The average Bonchev–Trinajstić information content (AvgIpc) is 2.90. The Bertz CT molecular complexity index is 714. The highest BCUT2D eigenvalue weighted by atomic mass is 16.6. The summed E-state index contributed by atoms with van der Waals surface area (Å²) in [6, 6.07) is 5.03. The molecule has 1 amide bonds. The van der Waals surface area contributed by atoms with Crippen molar-refractivity contribution >= 4 is 12.1 Å². The van der Waals surface area contributed by atoms with E-state index in [-0.39, 0.29) is 18.4 Å². The first-order chi connectivity index (χ1) is 12.3. The second-order valence-corrected chi connectivity index (χ2v) is 9.21. The molecule has 150 valence electrons. The standard InChI is InChI=1S/C21H31NO5/c1-13-8-9-17(15(10-13)20(2,3)4)26-14-11-16(18(23)24)22(12-14)19(25)27-21(5,6)7/h8-10,14,16H,11-12H2,1-7H3,(H,23,24). The maximum absolute atomic E-state index is 12.4. The third-order valence-electron chi connectivity index (χ3n) is 4.41. The van der Waals surface area contributed by atoms with Crippen molar-refractivity contribution in [3.63, 3.8) is 0 Å². The van der Waals surface area contributed by atoms with Crippen LogP contribution in [0.5, 0.6) is 5.75 Å². The van der Waals surface area contributed by atoms with Gasteiger partial charge in [0.25, 0.3) is 0 Å². The Morgan fingerprint density at radius 2 is 1.78 bits per heavy atom. The second kappa shape index (κ2) is 7.41. The van der Waals surface area contributed by atoms with E-state index in [1.54, 1.807) is 20.8 Å². The quantitative estimate of drug-likeness (QED) is 0.857. The lowest BCUT2D eigenvalue weighted by molar-refractivity contribution is -0.142. The van der Waals surface area contributed by atoms with Crippen LogP contribution in [-0.4, -0.2) is 46.4 Å². The van der Waals surface area contributed by atoms with E-state index in [2.05, 4.69) is 26.8 Å². The van der Waals surface area contributed by atoms with Crippen molar-refractivity contribution < 1.29 is 24.2 Å². The molecular formula is C21H31NO5. The minimum absolute atomic E-state index is 0.114. The molecule has 2 rings (SSSR count). The summed E-state index contributed by atoms with van der Waals surface area (Å²) in [5.74, 6) is -0.319. The molecule has 1 heterocycles. The van der Waals surface area contributed by atoms with E-state index in [4.69, 9.17) is 9.47 Å². The van der Waals surface area contributed by atoms with Gasteiger partial charge in [0.05, 0.1) is 6.54 Å². The average molecular weight is 377 g/mol. The number of carboxylic acids is 1. The highest BCUT2D eigenvalue weighted by Gasteiger charge is 2.43. The van der Waals surface area contributed by atoms with Crippen LogP contribution in [0.15, 0.2) is 18.2 Å². The Labute approximate surface area is 161 Å². The monoisotopic (exact) mass is 377 g/mol. The molecule has 1 fully saturated rings. The Hall–Kier alpha value is -2.24. The number of amides is 1. The lowest BCUT2D eigenvalue weighted by atomic mass is 9.85. The largest absolute Gasteiger partial charge is 0.488 e. The fourth-order valence-corrected chi connectivity index (χ4v) is 3.15. The van der Waals surface area contributed by atoms with Gasteiger partial charge in [-0.15, -0.1) is 0 Å². The number of benzene rings is 1. The summed E-state index contributed by atoms with van der Waals surface area (Å²) < 4.78 is 11.5. The number of likely N-dealkylation sites (tertiary alicyclic amines) is 1. The first-order valence-electron chi connectivity index (χ1n) is 9.28. The summed E-state index contributed by atoms with van der Waals surface area (Å²) in [4.78, 5) is 25.3. The van der Waals surface area contributed by atoms with E-state index in [0.29, 0.717) is 0 Å². The van der Waals surface area contributed by atoms with Gasteiger partial charge in [0.1, 0.15) is 23.5 Å². The van der Waals surface area contributed by atoms with Crippen LogP contribution in [0, 0.1) is 6.92 Å². The van der Waals surface area contributed by atoms with E-state index in [0.717, 1.165) is 16.9 Å². The first kappa shape index (κ1) is 21.1. The van der Waals surface area contributed by atoms with Gasteiger partial charge in [-0.05, 0) is 44.7 Å². The van der Waals surface area contributed by atoms with Crippen LogP contribution in [0.2, 0.25) is 0 Å². The smallest absolute Gasteiger partial charge is 0.411 e. The van der Waals surface area contributed by atoms with Gasteiger partial charge < -0.3 is 14.6 Å². The van der Waals surface area contributed by atoms with Crippen LogP contribution < -0.4 is 4.74 Å². The normalized spacial score (nSPS) is 20.5. The molecule has 0 saturated carbocycles. The number of hydrogen-bond donors (Lipinski definition) is 1. The molecule has 1 aliphatic rings. The van der Waals surface area contributed by atoms with Crippen molar-refractivity contribution in [3.05, 3.63) is 29.3 Å². The van der Waals surface area contributed by atoms with Crippen molar-refractivity contribution in [2.24, 2.45) is 0 Å². The van der Waals surface area contributed by atoms with Gasteiger partial charge >= 0.3 is 12.1 Å².